The molecule has 3 rings (SSSR count). The molecule has 1 aliphatic rings. The number of nitrogens with one attached hydrogen (secondary N) is 1. The van der Waals surface area contributed by atoms with Crippen molar-refractivity contribution >= 4 is 39.3 Å². The molecule has 0 aliphatic carbocycles. The first-order valence-electron chi connectivity index (χ1n) is 7.87. The zero-order chi connectivity index (χ0) is 18.6. The fraction of sp³-hybridized carbons (Fsp3) is 0.235. The normalized spacial score (nSPS) is 16.0. The number of carbonyl (C=O) groups is 1. The standard InChI is InChI=1S/C17H17ClN2O5S/c18-15-5-4-14(26(22,23)20-7-10-24-11-8-20)12-16(15)19-17(21)6-3-13-2-1-9-25-13/h1-6,9,12H,7-8,10-11H2,(H,19,21)/b6-3+. The predicted octanol–water partition coefficient (Wildman–Crippen LogP) is 2.61. The van der Waals surface area contributed by atoms with E-state index in [4.69, 9.17) is 20.8 Å². The van der Waals surface area contributed by atoms with Crippen molar-refractivity contribution in [2.24, 2.45) is 0 Å². The van der Waals surface area contributed by atoms with Crippen molar-refractivity contribution in [1.82, 2.24) is 4.31 Å². The van der Waals surface area contributed by atoms with Gasteiger partial charge in [-0.15, -0.1) is 0 Å². The van der Waals surface area contributed by atoms with Crippen LogP contribution in [0, 0.1) is 0 Å². The maximum Gasteiger partial charge on any atom is 0.248 e. The molecule has 1 N–H and O–H groups in total. The lowest BCUT2D eigenvalue weighted by atomic mass is 10.3. The minimum absolute atomic E-state index is 0.0640. The highest BCUT2D eigenvalue weighted by Gasteiger charge is 2.27. The largest absolute Gasteiger partial charge is 0.465 e. The Morgan fingerprint density at radius 3 is 2.69 bits per heavy atom. The van der Waals surface area contributed by atoms with Crippen molar-refractivity contribution in [3.8, 4) is 0 Å². The fourth-order valence-electron chi connectivity index (χ4n) is 2.41. The number of ether oxygens (including phenoxy) is 1. The van der Waals surface area contributed by atoms with Gasteiger partial charge in [0.2, 0.25) is 15.9 Å². The van der Waals surface area contributed by atoms with Gasteiger partial charge in [0.05, 0.1) is 35.1 Å². The number of benzene rings is 1. The van der Waals surface area contributed by atoms with Crippen LogP contribution >= 0.6 is 11.6 Å². The van der Waals surface area contributed by atoms with E-state index in [1.54, 1.807) is 12.1 Å². The van der Waals surface area contributed by atoms with Crippen LogP contribution in [0.3, 0.4) is 0 Å². The van der Waals surface area contributed by atoms with E-state index in [0.29, 0.717) is 32.1 Å². The maximum atomic E-state index is 12.7. The van der Waals surface area contributed by atoms with E-state index in [2.05, 4.69) is 5.32 Å². The summed E-state index contributed by atoms with van der Waals surface area (Å²) in [7, 11) is -3.67. The summed E-state index contributed by atoms with van der Waals surface area (Å²) in [6, 6.07) is 7.62. The highest BCUT2D eigenvalue weighted by molar-refractivity contribution is 7.89. The second kappa shape index (κ2) is 8.05. The van der Waals surface area contributed by atoms with Crippen LogP contribution in [-0.4, -0.2) is 44.9 Å². The summed E-state index contributed by atoms with van der Waals surface area (Å²) in [6.07, 6.45) is 4.27. The number of rotatable bonds is 5. The Balaban J connectivity index is 1.78. The number of anilines is 1. The molecule has 2 heterocycles. The average Bonchev–Trinajstić information content (AvgIpc) is 3.16. The predicted molar refractivity (Wildman–Crippen MR) is 97.4 cm³/mol. The van der Waals surface area contributed by atoms with Crippen LogP contribution in [0.1, 0.15) is 5.76 Å². The second-order valence-electron chi connectivity index (χ2n) is 5.50. The average molecular weight is 397 g/mol. The van der Waals surface area contributed by atoms with Crippen molar-refractivity contribution in [2.45, 2.75) is 4.90 Å². The molecule has 7 nitrogen and oxygen atoms in total. The number of amides is 1. The molecular weight excluding hydrogens is 380 g/mol. The topological polar surface area (TPSA) is 88.8 Å². The van der Waals surface area contributed by atoms with Crippen LogP contribution in [0.25, 0.3) is 6.08 Å². The quantitative estimate of drug-likeness (QED) is 0.785. The first-order chi connectivity index (χ1) is 12.5. The van der Waals surface area contributed by atoms with Gasteiger partial charge in [0.1, 0.15) is 5.76 Å². The molecule has 0 saturated carbocycles. The van der Waals surface area contributed by atoms with Crippen molar-refractivity contribution in [1.29, 1.82) is 0 Å². The minimum Gasteiger partial charge on any atom is -0.465 e. The molecule has 0 atom stereocenters. The number of nitrogens with zero attached hydrogens (tertiary/aromatic N) is 1. The summed E-state index contributed by atoms with van der Waals surface area (Å²) in [6.45, 7) is 1.29. The van der Waals surface area contributed by atoms with Gasteiger partial charge in [0.15, 0.2) is 0 Å². The van der Waals surface area contributed by atoms with Gasteiger partial charge in [-0.05, 0) is 36.4 Å². The lowest BCUT2D eigenvalue weighted by Crippen LogP contribution is -2.40. The Bertz CT molecular complexity index is 903. The van der Waals surface area contributed by atoms with E-state index < -0.39 is 15.9 Å². The molecule has 0 radical (unpaired) electrons. The molecule has 1 saturated heterocycles. The van der Waals surface area contributed by atoms with E-state index in [1.807, 2.05) is 0 Å². The number of furan rings is 1. The van der Waals surface area contributed by atoms with Gasteiger partial charge < -0.3 is 14.5 Å². The zero-order valence-corrected chi connectivity index (χ0v) is 15.3. The molecule has 0 unspecified atom stereocenters. The van der Waals surface area contributed by atoms with E-state index in [0.717, 1.165) is 0 Å². The van der Waals surface area contributed by atoms with Crippen molar-refractivity contribution in [2.75, 3.05) is 31.6 Å². The lowest BCUT2D eigenvalue weighted by molar-refractivity contribution is -0.111. The SMILES string of the molecule is O=C(/C=C/c1ccco1)Nc1cc(S(=O)(=O)N2CCOCC2)ccc1Cl. The molecule has 0 bridgehead atoms. The molecule has 1 aromatic heterocycles. The number of carbonyl (C=O) groups excluding carboxylic acids is 1. The third kappa shape index (κ3) is 4.34. The molecule has 1 fully saturated rings. The third-order valence-electron chi connectivity index (χ3n) is 3.75. The Kier molecular flexibility index (Phi) is 5.77. The van der Waals surface area contributed by atoms with Gasteiger partial charge in [-0.2, -0.15) is 4.31 Å². The molecule has 2 aromatic rings. The molecule has 0 spiro atoms. The van der Waals surface area contributed by atoms with Crippen LogP contribution < -0.4 is 5.32 Å². The first-order valence-corrected chi connectivity index (χ1v) is 9.68. The molecule has 9 heteroatoms. The summed E-state index contributed by atoms with van der Waals surface area (Å²) >= 11 is 6.09. The van der Waals surface area contributed by atoms with E-state index in [1.165, 1.54) is 40.9 Å². The number of hydrogen-bond acceptors (Lipinski definition) is 5. The van der Waals surface area contributed by atoms with Gasteiger partial charge in [-0.25, -0.2) is 8.42 Å². The van der Waals surface area contributed by atoms with E-state index in [9.17, 15) is 13.2 Å². The second-order valence-corrected chi connectivity index (χ2v) is 7.84. The highest BCUT2D eigenvalue weighted by Crippen LogP contribution is 2.27. The van der Waals surface area contributed by atoms with E-state index >= 15 is 0 Å². The minimum atomic E-state index is -3.67. The van der Waals surface area contributed by atoms with Crippen molar-refractivity contribution < 1.29 is 22.4 Å². The third-order valence-corrected chi connectivity index (χ3v) is 5.97. The van der Waals surface area contributed by atoms with Gasteiger partial charge in [-0.1, -0.05) is 11.6 Å². The number of halogens is 1. The number of hydrogen-bond donors (Lipinski definition) is 1. The molecule has 26 heavy (non-hydrogen) atoms. The van der Waals surface area contributed by atoms with Crippen LogP contribution in [0.5, 0.6) is 0 Å². The summed E-state index contributed by atoms with van der Waals surface area (Å²) in [5, 5.41) is 2.82. The van der Waals surface area contributed by atoms with Crippen LogP contribution in [0.15, 0.2) is 52.0 Å². The Hall–Kier alpha value is -2.13. The van der Waals surface area contributed by atoms with Gasteiger partial charge in [0, 0.05) is 19.2 Å². The smallest absolute Gasteiger partial charge is 0.248 e. The Morgan fingerprint density at radius 2 is 2.00 bits per heavy atom. The van der Waals surface area contributed by atoms with Gasteiger partial charge in [-0.3, -0.25) is 4.79 Å². The van der Waals surface area contributed by atoms with Crippen molar-refractivity contribution in [3.63, 3.8) is 0 Å². The summed E-state index contributed by atoms with van der Waals surface area (Å²) in [4.78, 5) is 12.1. The highest BCUT2D eigenvalue weighted by atomic mass is 35.5. The van der Waals surface area contributed by atoms with Gasteiger partial charge >= 0.3 is 0 Å². The fourth-order valence-corrected chi connectivity index (χ4v) is 4.01. The lowest BCUT2D eigenvalue weighted by Gasteiger charge is -2.26. The molecule has 1 aromatic carbocycles. The zero-order valence-electron chi connectivity index (χ0n) is 13.7. The van der Waals surface area contributed by atoms with Crippen LogP contribution in [0.2, 0.25) is 5.02 Å². The first kappa shape index (κ1) is 18.7. The number of sulfonamides is 1. The molecular formula is C17H17ClN2O5S. The Labute approximate surface area is 156 Å². The van der Waals surface area contributed by atoms with Gasteiger partial charge in [0.25, 0.3) is 0 Å². The molecule has 1 aliphatic heterocycles. The maximum absolute atomic E-state index is 12.7. The summed E-state index contributed by atoms with van der Waals surface area (Å²) < 4.78 is 37.0. The van der Waals surface area contributed by atoms with Crippen molar-refractivity contribution in [3.05, 3.63) is 53.5 Å². The molecule has 1 amide bonds. The summed E-state index contributed by atoms with van der Waals surface area (Å²) in [5.41, 5.74) is 0.218. The monoisotopic (exact) mass is 396 g/mol. The summed E-state index contributed by atoms with van der Waals surface area (Å²) in [5.74, 6) is 0.0686. The van der Waals surface area contributed by atoms with E-state index in [-0.39, 0.29) is 15.6 Å². The van der Waals surface area contributed by atoms with Crippen LogP contribution in [-0.2, 0) is 19.6 Å². The molecule has 138 valence electrons. The Morgan fingerprint density at radius 1 is 1.23 bits per heavy atom. The number of morpholine rings is 1. The van der Waals surface area contributed by atoms with Crippen LogP contribution in [0.4, 0.5) is 5.69 Å².